The maximum Gasteiger partial charge on any atom is 0.141 e. The Morgan fingerprint density at radius 2 is 2.27 bits per heavy atom. The molecule has 0 bridgehead atoms. The third-order valence-corrected chi connectivity index (χ3v) is 2.23. The van der Waals surface area contributed by atoms with E-state index in [4.69, 9.17) is 11.6 Å². The van der Waals surface area contributed by atoms with Crippen LogP contribution in [-0.4, -0.2) is 13.1 Å². The first-order chi connectivity index (χ1) is 7.24. The summed E-state index contributed by atoms with van der Waals surface area (Å²) < 4.78 is 12.8. The number of rotatable bonds is 5. The molecule has 0 aliphatic carbocycles. The lowest BCUT2D eigenvalue weighted by molar-refractivity contribution is 0.628. The summed E-state index contributed by atoms with van der Waals surface area (Å²) in [5.41, 5.74) is 0.916. The molecule has 0 heterocycles. The van der Waals surface area contributed by atoms with E-state index in [0.29, 0.717) is 0 Å². The van der Waals surface area contributed by atoms with Crippen molar-refractivity contribution in [1.82, 2.24) is 5.32 Å². The van der Waals surface area contributed by atoms with E-state index >= 15 is 0 Å². The van der Waals surface area contributed by atoms with Crippen LogP contribution in [0.5, 0.6) is 0 Å². The molecule has 0 saturated heterocycles. The second-order valence-electron chi connectivity index (χ2n) is 3.28. The van der Waals surface area contributed by atoms with Gasteiger partial charge in [-0.15, -0.1) is 0 Å². The number of nitrogens with one attached hydrogen (secondary N) is 1. The van der Waals surface area contributed by atoms with Crippen LogP contribution in [0.3, 0.4) is 0 Å². The smallest absolute Gasteiger partial charge is 0.141 e. The van der Waals surface area contributed by atoms with Gasteiger partial charge in [-0.3, -0.25) is 0 Å². The maximum atomic E-state index is 12.8. The molecule has 0 radical (unpaired) electrons. The van der Waals surface area contributed by atoms with Crippen molar-refractivity contribution in [2.45, 2.75) is 13.3 Å². The van der Waals surface area contributed by atoms with Gasteiger partial charge in [-0.2, -0.15) is 0 Å². The molecule has 1 nitrogen and oxygen atoms in total. The molecule has 15 heavy (non-hydrogen) atoms. The van der Waals surface area contributed by atoms with Gasteiger partial charge in [0.2, 0.25) is 0 Å². The summed E-state index contributed by atoms with van der Waals surface area (Å²) in [4.78, 5) is 0. The zero-order valence-corrected chi connectivity index (χ0v) is 9.52. The van der Waals surface area contributed by atoms with Gasteiger partial charge in [0.15, 0.2) is 0 Å². The molecule has 0 spiro atoms. The zero-order chi connectivity index (χ0) is 11.1. The SMILES string of the molecule is CCCNC/C=C/c1ccc(F)c(Cl)c1. The Morgan fingerprint density at radius 1 is 1.47 bits per heavy atom. The molecule has 0 aromatic heterocycles. The molecule has 0 atom stereocenters. The number of hydrogen-bond donors (Lipinski definition) is 1. The largest absolute Gasteiger partial charge is 0.313 e. The van der Waals surface area contributed by atoms with Crippen molar-refractivity contribution >= 4 is 17.7 Å². The lowest BCUT2D eigenvalue weighted by Gasteiger charge is -1.98. The molecule has 1 aromatic rings. The molecule has 82 valence electrons. The van der Waals surface area contributed by atoms with Gasteiger partial charge in [-0.25, -0.2) is 4.39 Å². The van der Waals surface area contributed by atoms with Gasteiger partial charge in [0.25, 0.3) is 0 Å². The second-order valence-corrected chi connectivity index (χ2v) is 3.69. The van der Waals surface area contributed by atoms with Crippen LogP contribution in [0.25, 0.3) is 6.08 Å². The Balaban J connectivity index is 2.46. The summed E-state index contributed by atoms with van der Waals surface area (Å²) in [6.07, 6.45) is 5.05. The molecule has 0 aliphatic rings. The second kappa shape index (κ2) is 6.59. The van der Waals surface area contributed by atoms with Crippen molar-refractivity contribution < 1.29 is 4.39 Å². The zero-order valence-electron chi connectivity index (χ0n) is 8.76. The first kappa shape index (κ1) is 12.2. The van der Waals surface area contributed by atoms with Crippen LogP contribution in [0.2, 0.25) is 5.02 Å². The number of hydrogen-bond acceptors (Lipinski definition) is 1. The summed E-state index contributed by atoms with van der Waals surface area (Å²) >= 11 is 5.65. The van der Waals surface area contributed by atoms with Gasteiger partial charge in [0.05, 0.1) is 5.02 Å². The van der Waals surface area contributed by atoms with Crippen LogP contribution in [0, 0.1) is 5.82 Å². The van der Waals surface area contributed by atoms with Gasteiger partial charge < -0.3 is 5.32 Å². The summed E-state index contributed by atoms with van der Waals surface area (Å²) in [6, 6.07) is 4.70. The lowest BCUT2D eigenvalue weighted by atomic mass is 10.2. The van der Waals surface area contributed by atoms with Crippen molar-refractivity contribution in [3.8, 4) is 0 Å². The molecule has 0 fully saturated rings. The molecule has 0 amide bonds. The summed E-state index contributed by atoms with van der Waals surface area (Å²) in [5, 5.41) is 3.40. The maximum absolute atomic E-state index is 12.8. The lowest BCUT2D eigenvalue weighted by Crippen LogP contribution is -2.13. The Hall–Kier alpha value is -0.860. The third-order valence-electron chi connectivity index (χ3n) is 1.94. The van der Waals surface area contributed by atoms with E-state index in [1.54, 1.807) is 12.1 Å². The quantitative estimate of drug-likeness (QED) is 0.760. The van der Waals surface area contributed by atoms with E-state index in [2.05, 4.69) is 12.2 Å². The van der Waals surface area contributed by atoms with Crippen molar-refractivity contribution in [2.24, 2.45) is 0 Å². The van der Waals surface area contributed by atoms with Crippen LogP contribution < -0.4 is 5.32 Å². The molecule has 1 aromatic carbocycles. The Morgan fingerprint density at radius 3 is 2.93 bits per heavy atom. The fourth-order valence-electron chi connectivity index (χ4n) is 1.17. The third kappa shape index (κ3) is 4.45. The molecule has 3 heteroatoms. The minimum absolute atomic E-state index is 0.165. The molecule has 0 unspecified atom stereocenters. The highest BCUT2D eigenvalue weighted by Crippen LogP contribution is 2.16. The van der Waals surface area contributed by atoms with E-state index in [9.17, 15) is 4.39 Å². The summed E-state index contributed by atoms with van der Waals surface area (Å²) in [6.45, 7) is 3.95. The number of benzene rings is 1. The fraction of sp³-hybridized carbons (Fsp3) is 0.333. The van der Waals surface area contributed by atoms with Gasteiger partial charge in [-0.05, 0) is 30.7 Å². The van der Waals surface area contributed by atoms with Crippen LogP contribution in [-0.2, 0) is 0 Å². The first-order valence-electron chi connectivity index (χ1n) is 5.06. The first-order valence-corrected chi connectivity index (χ1v) is 5.44. The fourth-order valence-corrected chi connectivity index (χ4v) is 1.36. The Labute approximate surface area is 95.0 Å². The average molecular weight is 228 g/mol. The van der Waals surface area contributed by atoms with Crippen molar-refractivity contribution in [3.63, 3.8) is 0 Å². The highest BCUT2D eigenvalue weighted by Gasteiger charge is 1.97. The summed E-state index contributed by atoms with van der Waals surface area (Å²) in [5.74, 6) is -0.377. The highest BCUT2D eigenvalue weighted by molar-refractivity contribution is 6.30. The molecule has 1 rings (SSSR count). The minimum Gasteiger partial charge on any atom is -0.313 e. The van der Waals surface area contributed by atoms with E-state index in [1.165, 1.54) is 6.07 Å². The molecular weight excluding hydrogens is 213 g/mol. The monoisotopic (exact) mass is 227 g/mol. The van der Waals surface area contributed by atoms with Crippen LogP contribution in [0.15, 0.2) is 24.3 Å². The topological polar surface area (TPSA) is 12.0 Å². The van der Waals surface area contributed by atoms with Gasteiger partial charge in [0.1, 0.15) is 5.82 Å². The molecule has 0 aliphatic heterocycles. The Bertz CT molecular complexity index is 336. The van der Waals surface area contributed by atoms with E-state index < -0.39 is 0 Å². The molecular formula is C12H15ClFN. The van der Waals surface area contributed by atoms with Crippen LogP contribution in [0.4, 0.5) is 4.39 Å². The van der Waals surface area contributed by atoms with Crippen LogP contribution in [0.1, 0.15) is 18.9 Å². The van der Waals surface area contributed by atoms with E-state index in [1.807, 2.05) is 12.2 Å². The van der Waals surface area contributed by atoms with E-state index in [0.717, 1.165) is 25.1 Å². The van der Waals surface area contributed by atoms with Crippen molar-refractivity contribution in [1.29, 1.82) is 0 Å². The summed E-state index contributed by atoms with van der Waals surface area (Å²) in [7, 11) is 0. The van der Waals surface area contributed by atoms with E-state index in [-0.39, 0.29) is 10.8 Å². The van der Waals surface area contributed by atoms with Crippen molar-refractivity contribution in [2.75, 3.05) is 13.1 Å². The predicted octanol–water partition coefficient (Wildman–Crippen LogP) is 3.49. The Kier molecular flexibility index (Phi) is 5.37. The van der Waals surface area contributed by atoms with Gasteiger partial charge >= 0.3 is 0 Å². The van der Waals surface area contributed by atoms with Gasteiger partial charge in [0, 0.05) is 6.54 Å². The highest BCUT2D eigenvalue weighted by atomic mass is 35.5. The minimum atomic E-state index is -0.377. The standard InChI is InChI=1S/C12H15ClFN/c1-2-7-15-8-3-4-10-5-6-12(14)11(13)9-10/h3-6,9,15H,2,7-8H2,1H3/b4-3+. The van der Waals surface area contributed by atoms with Crippen molar-refractivity contribution in [3.05, 3.63) is 40.7 Å². The normalized spacial score (nSPS) is 11.1. The van der Waals surface area contributed by atoms with Crippen LogP contribution >= 0.6 is 11.6 Å². The average Bonchev–Trinajstić information content (AvgIpc) is 2.23. The molecule has 1 N–H and O–H groups in total. The van der Waals surface area contributed by atoms with Gasteiger partial charge in [-0.1, -0.05) is 36.7 Å². The predicted molar refractivity (Wildman–Crippen MR) is 63.6 cm³/mol. The molecule has 0 saturated carbocycles. The number of halogens is 2.